The quantitative estimate of drug-likeness (QED) is 0.582. The first-order valence-electron chi connectivity index (χ1n) is 10.7. The van der Waals surface area contributed by atoms with Gasteiger partial charge in [0.05, 0.1) is 23.9 Å². The Labute approximate surface area is 179 Å². The molecule has 0 bridgehead atoms. The van der Waals surface area contributed by atoms with E-state index in [1.54, 1.807) is 17.8 Å². The van der Waals surface area contributed by atoms with Gasteiger partial charge in [0.25, 0.3) is 0 Å². The smallest absolute Gasteiger partial charge is 0.159 e. The lowest BCUT2D eigenvalue weighted by Gasteiger charge is -2.28. The fourth-order valence-electron chi connectivity index (χ4n) is 4.72. The molecule has 4 heterocycles. The topological polar surface area (TPSA) is 99.3 Å². The Balaban J connectivity index is 1.57. The fourth-order valence-corrected chi connectivity index (χ4v) is 4.72. The predicted molar refractivity (Wildman–Crippen MR) is 115 cm³/mol. The van der Waals surface area contributed by atoms with Crippen LogP contribution in [0.4, 0.5) is 10.2 Å². The summed E-state index contributed by atoms with van der Waals surface area (Å²) in [6.45, 7) is 5.65. The van der Waals surface area contributed by atoms with Crippen LogP contribution in [0.1, 0.15) is 29.3 Å². The molecule has 31 heavy (non-hydrogen) atoms. The summed E-state index contributed by atoms with van der Waals surface area (Å²) in [6, 6.07) is 5.91. The lowest BCUT2D eigenvalue weighted by molar-refractivity contribution is 0.0572. The molecule has 164 valence electrons. The van der Waals surface area contributed by atoms with E-state index in [4.69, 9.17) is 0 Å². The second-order valence-corrected chi connectivity index (χ2v) is 8.61. The Hall–Kier alpha value is -2.62. The number of piperidine rings is 1. The Morgan fingerprint density at radius 1 is 1.06 bits per heavy atom. The van der Waals surface area contributed by atoms with E-state index in [2.05, 4.69) is 26.4 Å². The number of hydrogen-bond acceptors (Lipinski definition) is 7. The maximum absolute atomic E-state index is 14.7. The number of anilines is 1. The molecule has 2 aliphatic rings. The first kappa shape index (κ1) is 20.3. The van der Waals surface area contributed by atoms with Crippen molar-refractivity contribution in [3.63, 3.8) is 0 Å². The minimum absolute atomic E-state index is 0.135. The minimum atomic E-state index is -0.915. The molecule has 3 aromatic rings. The van der Waals surface area contributed by atoms with E-state index in [-0.39, 0.29) is 5.92 Å². The lowest BCUT2D eigenvalue weighted by Crippen LogP contribution is -2.36. The number of nitrogens with zero attached hydrogens (tertiary/aromatic N) is 5. The van der Waals surface area contributed by atoms with E-state index >= 15 is 0 Å². The van der Waals surface area contributed by atoms with Gasteiger partial charge in [0.15, 0.2) is 5.82 Å². The van der Waals surface area contributed by atoms with E-state index < -0.39 is 18.4 Å². The van der Waals surface area contributed by atoms with Crippen molar-refractivity contribution in [1.29, 1.82) is 0 Å². The molecule has 2 saturated heterocycles. The number of halogens is 1. The molecule has 2 aromatic heterocycles. The van der Waals surface area contributed by atoms with Gasteiger partial charge in [0, 0.05) is 37.0 Å². The highest BCUT2D eigenvalue weighted by molar-refractivity contribution is 5.82. The number of benzene rings is 1. The average Bonchev–Trinajstić information content (AvgIpc) is 3.30. The molecule has 2 unspecified atom stereocenters. The predicted octanol–water partition coefficient (Wildman–Crippen LogP) is 1.39. The zero-order valence-electron chi connectivity index (χ0n) is 17.7. The maximum atomic E-state index is 14.7. The molecule has 5 rings (SSSR count). The molecule has 1 aromatic carbocycles. The second kappa shape index (κ2) is 7.81. The molecule has 8 nitrogen and oxygen atoms in total. The zero-order valence-corrected chi connectivity index (χ0v) is 17.7. The van der Waals surface area contributed by atoms with Gasteiger partial charge in [-0.15, -0.1) is 0 Å². The number of β-amino-alcohol motifs (C(OH)–C–C–N with tert-alkyl or cyclic N) is 2. The van der Waals surface area contributed by atoms with Crippen molar-refractivity contribution in [2.45, 2.75) is 44.6 Å². The van der Waals surface area contributed by atoms with Gasteiger partial charge in [-0.05, 0) is 50.1 Å². The number of alkyl halides is 1. The number of fused-ring (bicyclic) bond motifs is 1. The fraction of sp³-hybridized carbons (Fsp3) is 0.500. The summed E-state index contributed by atoms with van der Waals surface area (Å²) in [7, 11) is 0. The lowest BCUT2D eigenvalue weighted by atomic mass is 9.85. The summed E-state index contributed by atoms with van der Waals surface area (Å²) in [5.41, 5.74) is 2.96. The van der Waals surface area contributed by atoms with E-state index in [0.717, 1.165) is 35.0 Å². The van der Waals surface area contributed by atoms with Crippen LogP contribution in [0, 0.1) is 13.8 Å². The molecule has 2 fully saturated rings. The van der Waals surface area contributed by atoms with Crippen molar-refractivity contribution < 1.29 is 14.6 Å². The maximum Gasteiger partial charge on any atom is 0.159 e. The number of aliphatic hydroxyl groups excluding tert-OH is 2. The second-order valence-electron chi connectivity index (χ2n) is 8.61. The molecule has 0 spiro atoms. The van der Waals surface area contributed by atoms with E-state index in [1.807, 2.05) is 24.0 Å². The number of hydrogen-bond donors (Lipinski definition) is 3. The van der Waals surface area contributed by atoms with Crippen LogP contribution in [0.15, 0.2) is 24.4 Å². The number of nitrogens with one attached hydrogen (secondary N) is 1. The summed E-state index contributed by atoms with van der Waals surface area (Å²) in [6.07, 6.45) is 0.0454. The van der Waals surface area contributed by atoms with Crippen LogP contribution in [-0.4, -0.2) is 74.5 Å². The number of rotatable bonds is 3. The van der Waals surface area contributed by atoms with Crippen LogP contribution >= 0.6 is 0 Å². The molecule has 4 atom stereocenters. The van der Waals surface area contributed by atoms with Gasteiger partial charge in [-0.3, -0.25) is 0 Å². The Bertz CT molecular complexity index is 1110. The van der Waals surface area contributed by atoms with Crippen LogP contribution in [0.25, 0.3) is 16.7 Å². The van der Waals surface area contributed by atoms with Crippen molar-refractivity contribution in [3.05, 3.63) is 41.3 Å². The monoisotopic (exact) mass is 426 g/mol. The third-order valence-corrected chi connectivity index (χ3v) is 6.37. The molecule has 0 amide bonds. The zero-order chi connectivity index (χ0) is 21.7. The summed E-state index contributed by atoms with van der Waals surface area (Å²) >= 11 is 0. The SMILES string of the molecule is Cc1nc(N2CC(O)C(O)C2)cc(-n2ncc3cc(C)c([C@H]4CCNC[C@H]4F)cc32)n1. The molecule has 3 N–H and O–H groups in total. The number of aliphatic hydroxyl groups is 2. The van der Waals surface area contributed by atoms with Crippen molar-refractivity contribution in [2.75, 3.05) is 31.1 Å². The van der Waals surface area contributed by atoms with Crippen molar-refractivity contribution in [2.24, 2.45) is 0 Å². The summed E-state index contributed by atoms with van der Waals surface area (Å²) in [5.74, 6) is 1.67. The summed E-state index contributed by atoms with van der Waals surface area (Å²) in [4.78, 5) is 10.9. The number of aromatic nitrogens is 4. The summed E-state index contributed by atoms with van der Waals surface area (Å²) < 4.78 is 16.4. The third kappa shape index (κ3) is 3.66. The highest BCUT2D eigenvalue weighted by atomic mass is 19.1. The van der Waals surface area contributed by atoms with Gasteiger partial charge in [0.1, 0.15) is 17.8 Å². The van der Waals surface area contributed by atoms with Gasteiger partial charge in [0.2, 0.25) is 0 Å². The van der Waals surface area contributed by atoms with Crippen LogP contribution in [0.5, 0.6) is 0 Å². The van der Waals surface area contributed by atoms with Crippen molar-refractivity contribution in [1.82, 2.24) is 25.1 Å². The van der Waals surface area contributed by atoms with Crippen LogP contribution < -0.4 is 10.2 Å². The van der Waals surface area contributed by atoms with Gasteiger partial charge < -0.3 is 20.4 Å². The molecule has 2 aliphatic heterocycles. The first-order valence-corrected chi connectivity index (χ1v) is 10.7. The van der Waals surface area contributed by atoms with Crippen LogP contribution in [0.3, 0.4) is 0 Å². The van der Waals surface area contributed by atoms with Crippen LogP contribution in [-0.2, 0) is 0 Å². The molecule has 9 heteroatoms. The van der Waals surface area contributed by atoms with Gasteiger partial charge in [-0.25, -0.2) is 19.0 Å². The molecular formula is C22H27FN6O2. The van der Waals surface area contributed by atoms with Crippen molar-refractivity contribution >= 4 is 16.7 Å². The average molecular weight is 426 g/mol. The van der Waals surface area contributed by atoms with Gasteiger partial charge in [-0.1, -0.05) is 0 Å². The Morgan fingerprint density at radius 3 is 2.55 bits per heavy atom. The van der Waals surface area contributed by atoms with Crippen LogP contribution in [0.2, 0.25) is 0 Å². The van der Waals surface area contributed by atoms with E-state index in [0.29, 0.717) is 37.1 Å². The Kier molecular flexibility index (Phi) is 5.11. The Morgan fingerprint density at radius 2 is 1.81 bits per heavy atom. The third-order valence-electron chi connectivity index (χ3n) is 6.37. The standard InChI is InChI=1S/C22H27FN6O2/c1-12-5-14-8-25-29(18(14)6-16(12)15-3-4-24-9-17(15)23)22-7-21(26-13(2)27-22)28-10-19(30)20(31)11-28/h5-8,15,17,19-20,24,30-31H,3-4,9-11H2,1-2H3/t15-,17-,19?,20?/m1/s1. The highest BCUT2D eigenvalue weighted by Crippen LogP contribution is 2.33. The molecular weight excluding hydrogens is 399 g/mol. The first-order chi connectivity index (χ1) is 14.9. The van der Waals surface area contributed by atoms with Crippen molar-refractivity contribution in [3.8, 4) is 5.82 Å². The molecule has 0 aliphatic carbocycles. The summed E-state index contributed by atoms with van der Waals surface area (Å²) in [5, 5.41) is 28.5. The van der Waals surface area contributed by atoms with Gasteiger partial charge >= 0.3 is 0 Å². The molecule has 0 radical (unpaired) electrons. The van der Waals surface area contributed by atoms with Gasteiger partial charge in [-0.2, -0.15) is 5.10 Å². The minimum Gasteiger partial charge on any atom is -0.389 e. The normalized spacial score (nSPS) is 26.7. The molecule has 0 saturated carbocycles. The van der Waals surface area contributed by atoms with E-state index in [1.165, 1.54) is 0 Å². The largest absolute Gasteiger partial charge is 0.389 e. The van der Waals surface area contributed by atoms with E-state index in [9.17, 15) is 14.6 Å². The number of aryl methyl sites for hydroxylation is 2. The highest BCUT2D eigenvalue weighted by Gasteiger charge is 2.31.